The van der Waals surface area contributed by atoms with Crippen LogP contribution in [0.25, 0.3) is 0 Å². The molecular formula is C15H14ClN3O. The van der Waals surface area contributed by atoms with E-state index in [4.69, 9.17) is 11.6 Å². The number of halogens is 1. The molecule has 5 heteroatoms. The molecule has 0 unspecified atom stereocenters. The second-order valence-electron chi connectivity index (χ2n) is 4.80. The number of carbonyl (C=O) groups is 1. The van der Waals surface area contributed by atoms with Gasteiger partial charge in [-0.1, -0.05) is 17.7 Å². The van der Waals surface area contributed by atoms with Gasteiger partial charge in [0, 0.05) is 25.1 Å². The Labute approximate surface area is 122 Å². The Balaban J connectivity index is 1.87. The first-order chi connectivity index (χ1) is 9.75. The van der Waals surface area contributed by atoms with Crippen molar-refractivity contribution in [2.24, 2.45) is 0 Å². The molecule has 0 bridgehead atoms. The first-order valence-corrected chi connectivity index (χ1v) is 6.96. The van der Waals surface area contributed by atoms with Crippen LogP contribution in [-0.4, -0.2) is 27.3 Å². The van der Waals surface area contributed by atoms with E-state index >= 15 is 0 Å². The number of amides is 1. The zero-order chi connectivity index (χ0) is 13.9. The average Bonchev–Trinajstić information content (AvgIpc) is 2.97. The first kappa shape index (κ1) is 13.1. The van der Waals surface area contributed by atoms with Crippen molar-refractivity contribution in [2.45, 2.75) is 18.9 Å². The highest BCUT2D eigenvalue weighted by molar-refractivity contribution is 6.30. The zero-order valence-electron chi connectivity index (χ0n) is 10.9. The Morgan fingerprint density at radius 2 is 2.25 bits per heavy atom. The molecule has 1 saturated heterocycles. The summed E-state index contributed by atoms with van der Waals surface area (Å²) in [7, 11) is 0. The van der Waals surface area contributed by atoms with E-state index in [1.165, 1.54) is 6.20 Å². The maximum absolute atomic E-state index is 12.6. The van der Waals surface area contributed by atoms with Gasteiger partial charge in [0.05, 0.1) is 22.3 Å². The molecule has 3 rings (SSSR count). The fraction of sp³-hybridized carbons (Fsp3) is 0.267. The lowest BCUT2D eigenvalue weighted by molar-refractivity contribution is 0.0732. The second kappa shape index (κ2) is 5.59. The summed E-state index contributed by atoms with van der Waals surface area (Å²) >= 11 is 5.90. The molecule has 1 aliphatic rings. The Morgan fingerprint density at radius 1 is 1.35 bits per heavy atom. The highest BCUT2D eigenvalue weighted by Gasteiger charge is 2.31. The largest absolute Gasteiger partial charge is 0.330 e. The fourth-order valence-electron chi connectivity index (χ4n) is 2.59. The average molecular weight is 288 g/mol. The molecule has 2 aromatic heterocycles. The standard InChI is InChI=1S/C15H14ClN3O/c16-12-8-11(9-17-10-12)15(20)19-7-3-5-14(19)13-4-1-2-6-18-13/h1-2,4,6,8-10,14H,3,5,7H2/t14-/m0/s1. The van der Waals surface area contributed by atoms with Crippen LogP contribution in [0.3, 0.4) is 0 Å². The number of aromatic nitrogens is 2. The van der Waals surface area contributed by atoms with Crippen molar-refractivity contribution in [2.75, 3.05) is 6.54 Å². The fourth-order valence-corrected chi connectivity index (χ4v) is 2.76. The maximum Gasteiger partial charge on any atom is 0.256 e. The van der Waals surface area contributed by atoms with Crippen LogP contribution in [-0.2, 0) is 0 Å². The molecule has 2 aromatic rings. The van der Waals surface area contributed by atoms with Crippen molar-refractivity contribution in [3.63, 3.8) is 0 Å². The van der Waals surface area contributed by atoms with E-state index in [0.717, 1.165) is 25.1 Å². The number of likely N-dealkylation sites (tertiary alicyclic amines) is 1. The van der Waals surface area contributed by atoms with Crippen LogP contribution in [0.2, 0.25) is 5.02 Å². The normalized spacial score (nSPS) is 18.2. The zero-order valence-corrected chi connectivity index (χ0v) is 11.6. The van der Waals surface area contributed by atoms with Gasteiger partial charge in [0.25, 0.3) is 5.91 Å². The maximum atomic E-state index is 12.6. The molecule has 0 N–H and O–H groups in total. The topological polar surface area (TPSA) is 46.1 Å². The summed E-state index contributed by atoms with van der Waals surface area (Å²) in [6, 6.07) is 7.50. The monoisotopic (exact) mass is 287 g/mol. The van der Waals surface area contributed by atoms with Crippen molar-refractivity contribution >= 4 is 17.5 Å². The van der Waals surface area contributed by atoms with Crippen LogP contribution in [0.5, 0.6) is 0 Å². The van der Waals surface area contributed by atoms with Crippen LogP contribution in [0.4, 0.5) is 0 Å². The molecule has 1 aliphatic heterocycles. The van der Waals surface area contributed by atoms with Crippen LogP contribution >= 0.6 is 11.6 Å². The molecule has 1 atom stereocenters. The summed E-state index contributed by atoms with van der Waals surface area (Å²) in [5.74, 6) is -0.0341. The van der Waals surface area contributed by atoms with Gasteiger partial charge in [-0.05, 0) is 31.0 Å². The first-order valence-electron chi connectivity index (χ1n) is 6.58. The van der Waals surface area contributed by atoms with Crippen molar-refractivity contribution in [3.05, 3.63) is 59.1 Å². The molecule has 20 heavy (non-hydrogen) atoms. The van der Waals surface area contributed by atoms with Gasteiger partial charge >= 0.3 is 0 Å². The van der Waals surface area contributed by atoms with E-state index in [9.17, 15) is 4.79 Å². The highest BCUT2D eigenvalue weighted by atomic mass is 35.5. The van der Waals surface area contributed by atoms with E-state index in [-0.39, 0.29) is 11.9 Å². The van der Waals surface area contributed by atoms with Crippen LogP contribution in [0, 0.1) is 0 Å². The Kier molecular flexibility index (Phi) is 3.65. The molecule has 1 amide bonds. The van der Waals surface area contributed by atoms with Gasteiger partial charge in [-0.2, -0.15) is 0 Å². The summed E-state index contributed by atoms with van der Waals surface area (Å²) in [5, 5.41) is 0.476. The SMILES string of the molecule is O=C(c1cncc(Cl)c1)N1CCC[C@H]1c1ccccn1. The van der Waals surface area contributed by atoms with Crippen molar-refractivity contribution in [3.8, 4) is 0 Å². The van der Waals surface area contributed by atoms with Crippen molar-refractivity contribution in [1.82, 2.24) is 14.9 Å². The number of hydrogen-bond donors (Lipinski definition) is 0. The van der Waals surface area contributed by atoms with Gasteiger partial charge in [-0.3, -0.25) is 14.8 Å². The predicted molar refractivity (Wildman–Crippen MR) is 76.5 cm³/mol. The molecule has 0 saturated carbocycles. The number of hydrogen-bond acceptors (Lipinski definition) is 3. The summed E-state index contributed by atoms with van der Waals surface area (Å²) in [6.45, 7) is 0.743. The third-order valence-electron chi connectivity index (χ3n) is 3.49. The lowest BCUT2D eigenvalue weighted by Gasteiger charge is -2.24. The Hall–Kier alpha value is -1.94. The minimum Gasteiger partial charge on any atom is -0.330 e. The van der Waals surface area contributed by atoms with Gasteiger partial charge in [0.15, 0.2) is 0 Å². The van der Waals surface area contributed by atoms with Crippen LogP contribution in [0.1, 0.15) is 34.9 Å². The lowest BCUT2D eigenvalue weighted by Crippen LogP contribution is -2.31. The molecule has 0 aromatic carbocycles. The number of rotatable bonds is 2. The number of nitrogens with zero attached hydrogens (tertiary/aromatic N) is 3. The smallest absolute Gasteiger partial charge is 0.256 e. The van der Waals surface area contributed by atoms with Crippen molar-refractivity contribution < 1.29 is 4.79 Å². The lowest BCUT2D eigenvalue weighted by atomic mass is 10.1. The minimum atomic E-state index is -0.0341. The second-order valence-corrected chi connectivity index (χ2v) is 5.24. The van der Waals surface area contributed by atoms with Crippen LogP contribution < -0.4 is 0 Å². The summed E-state index contributed by atoms with van der Waals surface area (Å²) in [6.07, 6.45) is 6.77. The Morgan fingerprint density at radius 3 is 3.00 bits per heavy atom. The Bertz CT molecular complexity index is 618. The van der Waals surface area contributed by atoms with Gasteiger partial charge in [0.2, 0.25) is 0 Å². The quantitative estimate of drug-likeness (QED) is 0.852. The number of pyridine rings is 2. The molecule has 4 nitrogen and oxygen atoms in total. The van der Waals surface area contributed by atoms with Gasteiger partial charge < -0.3 is 4.90 Å². The van der Waals surface area contributed by atoms with E-state index in [2.05, 4.69) is 9.97 Å². The van der Waals surface area contributed by atoms with E-state index in [0.29, 0.717) is 10.6 Å². The van der Waals surface area contributed by atoms with Crippen LogP contribution in [0.15, 0.2) is 42.9 Å². The molecule has 0 radical (unpaired) electrons. The highest BCUT2D eigenvalue weighted by Crippen LogP contribution is 2.31. The van der Waals surface area contributed by atoms with Gasteiger partial charge in [-0.15, -0.1) is 0 Å². The predicted octanol–water partition coefficient (Wildman–Crippen LogP) is 3.11. The van der Waals surface area contributed by atoms with Crippen molar-refractivity contribution in [1.29, 1.82) is 0 Å². The summed E-state index contributed by atoms with van der Waals surface area (Å²) in [4.78, 5) is 22.8. The molecule has 3 heterocycles. The number of carbonyl (C=O) groups excluding carboxylic acids is 1. The molecule has 1 fully saturated rings. The van der Waals surface area contributed by atoms with E-state index in [1.807, 2.05) is 23.1 Å². The molecule has 102 valence electrons. The van der Waals surface area contributed by atoms with Gasteiger partial charge in [-0.25, -0.2) is 0 Å². The molecular weight excluding hydrogens is 274 g/mol. The molecule has 0 aliphatic carbocycles. The summed E-state index contributed by atoms with van der Waals surface area (Å²) in [5.41, 5.74) is 1.47. The van der Waals surface area contributed by atoms with E-state index in [1.54, 1.807) is 18.5 Å². The third kappa shape index (κ3) is 2.51. The minimum absolute atomic E-state index is 0.0341. The van der Waals surface area contributed by atoms with E-state index < -0.39 is 0 Å². The summed E-state index contributed by atoms with van der Waals surface area (Å²) < 4.78 is 0. The third-order valence-corrected chi connectivity index (χ3v) is 3.70. The molecule has 0 spiro atoms. The van der Waals surface area contributed by atoms with Gasteiger partial charge in [0.1, 0.15) is 0 Å².